The number of nitrogens with zero attached hydrogens (tertiary/aromatic N) is 1. The largest absolute Gasteiger partial charge is 0.461 e. The molecule has 0 amide bonds. The molecule has 23 heavy (non-hydrogen) atoms. The third kappa shape index (κ3) is 3.12. The zero-order chi connectivity index (χ0) is 15.5. The van der Waals surface area contributed by atoms with Gasteiger partial charge in [0.2, 0.25) is 5.76 Å². The molecule has 0 saturated carbocycles. The highest BCUT2D eigenvalue weighted by Gasteiger charge is 2.18. The molecule has 4 rings (SSSR count). The van der Waals surface area contributed by atoms with Crippen molar-refractivity contribution in [2.45, 2.75) is 13.0 Å². The van der Waals surface area contributed by atoms with Crippen LogP contribution in [0.4, 0.5) is 0 Å². The number of hydrogen-bond acceptors (Lipinski definition) is 3. The molecule has 1 atom stereocenters. The lowest BCUT2D eigenvalue weighted by atomic mass is 9.99. The maximum absolute atomic E-state index is 5.37. The van der Waals surface area contributed by atoms with Crippen molar-refractivity contribution in [3.05, 3.63) is 72.1 Å². The number of furan rings is 1. The Bertz CT molecular complexity index is 788. The van der Waals surface area contributed by atoms with Gasteiger partial charge in [-0.1, -0.05) is 35.5 Å². The summed E-state index contributed by atoms with van der Waals surface area (Å²) in [5.41, 5.74) is 3.77. The quantitative estimate of drug-likeness (QED) is 0.806. The highest BCUT2D eigenvalue weighted by Crippen LogP contribution is 2.21. The minimum atomic E-state index is 0.696. The summed E-state index contributed by atoms with van der Waals surface area (Å²) < 4.78 is 10.7. The SMILES string of the molecule is C1=C(c2ccccc2)CC[NH+](Cc2cc(-c3ccco3)on2)C1. The maximum atomic E-state index is 5.37. The molecule has 0 aliphatic carbocycles. The zero-order valence-electron chi connectivity index (χ0n) is 12.9. The summed E-state index contributed by atoms with van der Waals surface area (Å²) in [5, 5.41) is 4.17. The molecule has 3 aromatic rings. The van der Waals surface area contributed by atoms with E-state index in [0.29, 0.717) is 5.76 Å². The van der Waals surface area contributed by atoms with Crippen molar-refractivity contribution >= 4 is 5.57 Å². The van der Waals surface area contributed by atoms with Crippen LogP contribution < -0.4 is 4.90 Å². The van der Waals surface area contributed by atoms with Gasteiger partial charge in [-0.25, -0.2) is 0 Å². The number of quaternary nitrogens is 1. The predicted molar refractivity (Wildman–Crippen MR) is 87.6 cm³/mol. The maximum Gasteiger partial charge on any atom is 0.202 e. The van der Waals surface area contributed by atoms with Crippen LogP contribution in [0.2, 0.25) is 0 Å². The molecule has 4 heteroatoms. The Morgan fingerprint density at radius 3 is 2.70 bits per heavy atom. The lowest BCUT2D eigenvalue weighted by Gasteiger charge is -2.22. The summed E-state index contributed by atoms with van der Waals surface area (Å²) in [6.45, 7) is 3.01. The van der Waals surface area contributed by atoms with Crippen LogP contribution in [0.3, 0.4) is 0 Å². The molecule has 1 unspecified atom stereocenters. The topological polar surface area (TPSA) is 43.6 Å². The second-order valence-electron chi connectivity index (χ2n) is 5.89. The van der Waals surface area contributed by atoms with Crippen molar-refractivity contribution in [2.24, 2.45) is 0 Å². The molecular formula is C19H19N2O2+. The third-order valence-electron chi connectivity index (χ3n) is 4.28. The minimum absolute atomic E-state index is 0.696. The van der Waals surface area contributed by atoms with Crippen LogP contribution in [-0.4, -0.2) is 18.2 Å². The first-order valence-corrected chi connectivity index (χ1v) is 7.96. The number of rotatable bonds is 4. The first kappa shape index (κ1) is 14.0. The van der Waals surface area contributed by atoms with Gasteiger partial charge in [0.15, 0.2) is 5.76 Å². The van der Waals surface area contributed by atoms with Gasteiger partial charge in [-0.15, -0.1) is 0 Å². The van der Waals surface area contributed by atoms with E-state index >= 15 is 0 Å². The highest BCUT2D eigenvalue weighted by molar-refractivity contribution is 5.65. The monoisotopic (exact) mass is 307 g/mol. The van der Waals surface area contributed by atoms with Crippen LogP contribution >= 0.6 is 0 Å². The van der Waals surface area contributed by atoms with Gasteiger partial charge >= 0.3 is 0 Å². The second-order valence-corrected chi connectivity index (χ2v) is 5.89. The average molecular weight is 307 g/mol. The summed E-state index contributed by atoms with van der Waals surface area (Å²) in [7, 11) is 0. The average Bonchev–Trinajstić information content (AvgIpc) is 3.28. The van der Waals surface area contributed by atoms with Crippen molar-refractivity contribution in [1.29, 1.82) is 0 Å². The molecular weight excluding hydrogens is 288 g/mol. The lowest BCUT2D eigenvalue weighted by Crippen LogP contribution is -3.11. The standard InChI is InChI=1S/C19H18N2O2/c1-2-5-15(6-3-1)16-8-10-21(11-9-16)14-17-13-19(23-20-17)18-7-4-12-22-18/h1-8,12-13H,9-11,14H2/p+1. The van der Waals surface area contributed by atoms with Gasteiger partial charge in [-0.3, -0.25) is 0 Å². The fourth-order valence-corrected chi connectivity index (χ4v) is 3.04. The van der Waals surface area contributed by atoms with Crippen molar-refractivity contribution in [3.63, 3.8) is 0 Å². The van der Waals surface area contributed by atoms with Gasteiger partial charge in [0, 0.05) is 12.5 Å². The van der Waals surface area contributed by atoms with E-state index in [1.165, 1.54) is 16.0 Å². The number of benzene rings is 1. The van der Waals surface area contributed by atoms with E-state index in [1.807, 2.05) is 18.2 Å². The molecule has 3 heterocycles. The Labute approximate surface area is 135 Å². The van der Waals surface area contributed by atoms with Crippen LogP contribution in [0, 0.1) is 0 Å². The minimum Gasteiger partial charge on any atom is -0.461 e. The fraction of sp³-hybridized carbons (Fsp3) is 0.211. The van der Waals surface area contributed by atoms with Crippen molar-refractivity contribution < 1.29 is 13.8 Å². The second kappa shape index (κ2) is 6.26. The molecule has 2 aromatic heterocycles. The van der Waals surface area contributed by atoms with Gasteiger partial charge in [0.05, 0.1) is 19.4 Å². The molecule has 0 spiro atoms. The van der Waals surface area contributed by atoms with Gasteiger partial charge in [-0.2, -0.15) is 0 Å². The van der Waals surface area contributed by atoms with Gasteiger partial charge in [-0.05, 0) is 29.3 Å². The first-order valence-electron chi connectivity index (χ1n) is 7.96. The summed E-state index contributed by atoms with van der Waals surface area (Å²) in [5.74, 6) is 1.42. The van der Waals surface area contributed by atoms with E-state index in [0.717, 1.165) is 37.5 Å². The van der Waals surface area contributed by atoms with Crippen molar-refractivity contribution in [3.8, 4) is 11.5 Å². The highest BCUT2D eigenvalue weighted by atomic mass is 16.5. The van der Waals surface area contributed by atoms with E-state index in [9.17, 15) is 0 Å². The van der Waals surface area contributed by atoms with E-state index in [4.69, 9.17) is 8.94 Å². The Morgan fingerprint density at radius 2 is 1.96 bits per heavy atom. The zero-order valence-corrected chi connectivity index (χ0v) is 12.9. The fourth-order valence-electron chi connectivity index (χ4n) is 3.04. The van der Waals surface area contributed by atoms with Crippen molar-refractivity contribution in [1.82, 2.24) is 5.16 Å². The molecule has 4 nitrogen and oxygen atoms in total. The summed E-state index contributed by atoms with van der Waals surface area (Å²) in [4.78, 5) is 1.50. The molecule has 1 aliphatic rings. The summed E-state index contributed by atoms with van der Waals surface area (Å²) >= 11 is 0. The lowest BCUT2D eigenvalue weighted by molar-refractivity contribution is -0.909. The molecule has 1 aromatic carbocycles. The molecule has 1 aliphatic heterocycles. The smallest absolute Gasteiger partial charge is 0.202 e. The molecule has 0 saturated heterocycles. The first-order chi connectivity index (χ1) is 11.4. The van der Waals surface area contributed by atoms with E-state index in [1.54, 1.807) is 6.26 Å². The van der Waals surface area contributed by atoms with Crippen LogP contribution in [-0.2, 0) is 6.54 Å². The molecule has 0 radical (unpaired) electrons. The van der Waals surface area contributed by atoms with Crippen molar-refractivity contribution in [2.75, 3.05) is 13.1 Å². The Balaban J connectivity index is 1.41. The van der Waals surface area contributed by atoms with Crippen LogP contribution in [0.25, 0.3) is 17.1 Å². The number of hydrogen-bond donors (Lipinski definition) is 1. The Kier molecular flexibility index (Phi) is 3.82. The predicted octanol–water partition coefficient (Wildman–Crippen LogP) is 2.81. The Morgan fingerprint density at radius 1 is 1.04 bits per heavy atom. The summed E-state index contributed by atoms with van der Waals surface area (Å²) in [6.07, 6.45) is 5.09. The van der Waals surface area contributed by atoms with Crippen LogP contribution in [0.1, 0.15) is 17.7 Å². The molecule has 116 valence electrons. The van der Waals surface area contributed by atoms with E-state index < -0.39 is 0 Å². The van der Waals surface area contributed by atoms with Gasteiger partial charge in [0.25, 0.3) is 0 Å². The normalized spacial score (nSPS) is 17.9. The van der Waals surface area contributed by atoms with Crippen LogP contribution in [0.5, 0.6) is 0 Å². The van der Waals surface area contributed by atoms with E-state index in [-0.39, 0.29) is 0 Å². The molecule has 1 N–H and O–H groups in total. The summed E-state index contributed by atoms with van der Waals surface area (Å²) in [6, 6.07) is 16.3. The molecule has 0 fully saturated rings. The van der Waals surface area contributed by atoms with Crippen LogP contribution in [0.15, 0.2) is 69.8 Å². The molecule has 0 bridgehead atoms. The number of aromatic nitrogens is 1. The third-order valence-corrected chi connectivity index (χ3v) is 4.28. The van der Waals surface area contributed by atoms with E-state index in [2.05, 4.69) is 41.6 Å². The van der Waals surface area contributed by atoms with Gasteiger partial charge < -0.3 is 13.8 Å². The number of nitrogens with one attached hydrogen (secondary N) is 1. The van der Waals surface area contributed by atoms with Gasteiger partial charge in [0.1, 0.15) is 12.2 Å². The Hall–Kier alpha value is -2.59.